The van der Waals surface area contributed by atoms with Crippen LogP contribution in [0.4, 0.5) is 8.78 Å². The van der Waals surface area contributed by atoms with E-state index in [9.17, 15) is 23.5 Å². The number of fused-ring (bicyclic) bond motifs is 3. The van der Waals surface area contributed by atoms with Gasteiger partial charge in [0.25, 0.3) is 11.8 Å². The third-order valence-corrected chi connectivity index (χ3v) is 7.02. The van der Waals surface area contributed by atoms with Crippen molar-refractivity contribution < 1.29 is 28.2 Å². The molecule has 33 heavy (non-hydrogen) atoms. The molecule has 1 unspecified atom stereocenters. The topological polar surface area (TPSA) is 105 Å². The normalized spacial score (nSPS) is 26.2. The molecule has 1 heterocycles. The summed E-state index contributed by atoms with van der Waals surface area (Å²) in [6, 6.07) is 3.88. The van der Waals surface area contributed by atoms with E-state index < -0.39 is 40.6 Å². The number of hydrogen-bond acceptors (Lipinski definition) is 5. The minimum absolute atomic E-state index is 0.0462. The molecule has 0 spiro atoms. The molecule has 11 heteroatoms. The molecule has 3 aliphatic carbocycles. The molecule has 1 atom stereocenters. The van der Waals surface area contributed by atoms with E-state index in [4.69, 9.17) is 16.3 Å². The minimum Gasteiger partial charge on any atom is -0.484 e. The molecule has 3 fully saturated rings. The summed E-state index contributed by atoms with van der Waals surface area (Å²) in [4.78, 5) is 25.3. The number of aryl methyl sites for hydroxylation is 2. The molecule has 1 aromatic carbocycles. The van der Waals surface area contributed by atoms with Gasteiger partial charge in [-0.15, -0.1) is 0 Å². The predicted molar refractivity (Wildman–Crippen MR) is 115 cm³/mol. The summed E-state index contributed by atoms with van der Waals surface area (Å²) in [6.07, 6.45) is 1.21. The zero-order valence-corrected chi connectivity index (χ0v) is 19.0. The number of ether oxygens (including phenoxy) is 1. The third kappa shape index (κ3) is 4.41. The van der Waals surface area contributed by atoms with Gasteiger partial charge in [0.2, 0.25) is 0 Å². The summed E-state index contributed by atoms with van der Waals surface area (Å²) >= 11 is 5.64. The first-order chi connectivity index (χ1) is 15.5. The number of carbonyl (C=O) groups is 2. The van der Waals surface area contributed by atoms with Crippen LogP contribution in [0.5, 0.6) is 5.75 Å². The smallest absolute Gasteiger partial charge is 0.273 e. The molecule has 0 aliphatic heterocycles. The summed E-state index contributed by atoms with van der Waals surface area (Å²) in [7, 11) is 1.50. The molecule has 3 aliphatic rings. The van der Waals surface area contributed by atoms with Gasteiger partial charge in [0.05, 0.1) is 22.4 Å². The molecule has 2 aromatic rings. The molecule has 5 rings (SSSR count). The standard InChI is InChI=1S/C22H25ClF2N4O4/c1-12-18(25)19(29(2)28-12)20(32)27-21-5-7-22(8-6-21,16(30)10-21)26-17(31)11-33-13-3-4-14(23)15(24)9-13/h3-4,9,16,30H,5-8,10-11H2,1-2H3,(H,26,31)(H,27,32). The number of halogens is 3. The number of nitrogens with one attached hydrogen (secondary N) is 2. The van der Waals surface area contributed by atoms with Crippen LogP contribution in [0, 0.1) is 18.6 Å². The maximum Gasteiger partial charge on any atom is 0.273 e. The van der Waals surface area contributed by atoms with Crippen molar-refractivity contribution in [2.75, 3.05) is 6.61 Å². The summed E-state index contributed by atoms with van der Waals surface area (Å²) < 4.78 is 34.4. The van der Waals surface area contributed by atoms with Gasteiger partial charge in [-0.3, -0.25) is 14.3 Å². The second-order valence-electron chi connectivity index (χ2n) is 8.89. The van der Waals surface area contributed by atoms with E-state index in [1.165, 1.54) is 30.8 Å². The SMILES string of the molecule is Cc1nn(C)c(C(=O)NC23CCC(NC(=O)COc4ccc(Cl)c(F)c4)(CC2)C(O)C3)c1F. The van der Waals surface area contributed by atoms with E-state index in [2.05, 4.69) is 15.7 Å². The van der Waals surface area contributed by atoms with E-state index >= 15 is 0 Å². The lowest BCUT2D eigenvalue weighted by molar-refractivity contribution is -0.132. The first-order valence-electron chi connectivity index (χ1n) is 10.6. The van der Waals surface area contributed by atoms with Crippen LogP contribution in [0.3, 0.4) is 0 Å². The lowest BCUT2D eigenvalue weighted by atomic mass is 9.60. The number of hydrogen-bond donors (Lipinski definition) is 3. The molecule has 0 saturated heterocycles. The van der Waals surface area contributed by atoms with Crippen molar-refractivity contribution in [1.82, 2.24) is 20.4 Å². The van der Waals surface area contributed by atoms with E-state index in [1.807, 2.05) is 0 Å². The molecule has 8 nitrogen and oxygen atoms in total. The second-order valence-corrected chi connectivity index (χ2v) is 9.30. The molecule has 3 N–H and O–H groups in total. The van der Waals surface area contributed by atoms with E-state index in [1.54, 1.807) is 0 Å². The Labute approximate surface area is 194 Å². The summed E-state index contributed by atoms with van der Waals surface area (Å²) in [5, 5.41) is 20.5. The maximum absolute atomic E-state index is 14.3. The van der Waals surface area contributed by atoms with Gasteiger partial charge in [0.1, 0.15) is 11.6 Å². The van der Waals surface area contributed by atoms with Crippen LogP contribution >= 0.6 is 11.6 Å². The van der Waals surface area contributed by atoms with Crippen LogP contribution in [0.25, 0.3) is 0 Å². The largest absolute Gasteiger partial charge is 0.484 e. The number of nitrogens with zero attached hydrogens (tertiary/aromatic N) is 2. The molecular formula is C22H25ClF2N4O4. The van der Waals surface area contributed by atoms with Gasteiger partial charge in [-0.05, 0) is 51.2 Å². The van der Waals surface area contributed by atoms with Gasteiger partial charge in [0.15, 0.2) is 18.1 Å². The molecule has 2 bridgehead atoms. The Hall–Kier alpha value is -2.72. The summed E-state index contributed by atoms with van der Waals surface area (Å²) in [6.45, 7) is 1.14. The number of aliphatic hydroxyl groups excluding tert-OH is 1. The third-order valence-electron chi connectivity index (χ3n) is 6.71. The number of carbonyl (C=O) groups excluding carboxylic acids is 2. The van der Waals surface area contributed by atoms with Gasteiger partial charge in [-0.25, -0.2) is 8.78 Å². The van der Waals surface area contributed by atoms with Gasteiger partial charge < -0.3 is 20.5 Å². The van der Waals surface area contributed by atoms with E-state index in [-0.39, 0.29) is 35.2 Å². The summed E-state index contributed by atoms with van der Waals surface area (Å²) in [5.74, 6) is -2.18. The Morgan fingerprint density at radius 1 is 1.27 bits per heavy atom. The zero-order valence-electron chi connectivity index (χ0n) is 18.3. The van der Waals surface area contributed by atoms with Crippen LogP contribution in [-0.4, -0.2) is 50.5 Å². The Morgan fingerprint density at radius 3 is 2.55 bits per heavy atom. The monoisotopic (exact) mass is 482 g/mol. The average Bonchev–Trinajstić information content (AvgIpc) is 3.01. The zero-order chi connectivity index (χ0) is 24.0. The molecule has 3 saturated carbocycles. The quantitative estimate of drug-likeness (QED) is 0.586. The van der Waals surface area contributed by atoms with Crippen LogP contribution < -0.4 is 15.4 Å². The molecule has 178 valence electrons. The average molecular weight is 483 g/mol. The van der Waals surface area contributed by atoms with Gasteiger partial charge >= 0.3 is 0 Å². The Morgan fingerprint density at radius 2 is 1.97 bits per heavy atom. The molecule has 1 aromatic heterocycles. The van der Waals surface area contributed by atoms with Gasteiger partial charge in [-0.2, -0.15) is 5.10 Å². The maximum atomic E-state index is 14.3. The van der Waals surface area contributed by atoms with Crippen molar-refractivity contribution in [3.05, 3.63) is 46.2 Å². The lowest BCUT2D eigenvalue weighted by Gasteiger charge is -2.56. The predicted octanol–water partition coefficient (Wildman–Crippen LogP) is 2.40. The van der Waals surface area contributed by atoms with Crippen LogP contribution in [0.1, 0.15) is 48.3 Å². The lowest BCUT2D eigenvalue weighted by Crippen LogP contribution is -2.70. The Kier molecular flexibility index (Phi) is 6.09. The number of aromatic nitrogens is 2. The number of rotatable bonds is 6. The first-order valence-corrected chi connectivity index (χ1v) is 11.0. The van der Waals surface area contributed by atoms with Crippen molar-refractivity contribution in [2.45, 2.75) is 56.2 Å². The highest BCUT2D eigenvalue weighted by Gasteiger charge is 2.55. The fourth-order valence-corrected chi connectivity index (χ4v) is 4.99. The first kappa shape index (κ1) is 23.4. The highest BCUT2D eigenvalue weighted by molar-refractivity contribution is 6.30. The van der Waals surface area contributed by atoms with Crippen molar-refractivity contribution in [2.24, 2.45) is 7.05 Å². The Bertz CT molecular complexity index is 1100. The second kappa shape index (κ2) is 8.57. The Balaban J connectivity index is 1.37. The number of aliphatic hydroxyl groups is 1. The van der Waals surface area contributed by atoms with Crippen molar-refractivity contribution in [1.29, 1.82) is 0 Å². The highest BCUT2D eigenvalue weighted by Crippen LogP contribution is 2.47. The van der Waals surface area contributed by atoms with E-state index in [0.29, 0.717) is 25.7 Å². The summed E-state index contributed by atoms with van der Waals surface area (Å²) in [5.41, 5.74) is -1.54. The van der Waals surface area contributed by atoms with E-state index in [0.717, 1.165) is 6.07 Å². The fraction of sp³-hybridized carbons (Fsp3) is 0.500. The van der Waals surface area contributed by atoms with Gasteiger partial charge in [0, 0.05) is 18.7 Å². The molecular weight excluding hydrogens is 458 g/mol. The molecule has 2 amide bonds. The highest BCUT2D eigenvalue weighted by atomic mass is 35.5. The minimum atomic E-state index is -0.907. The number of benzene rings is 1. The molecule has 0 radical (unpaired) electrons. The van der Waals surface area contributed by atoms with Crippen molar-refractivity contribution in [3.63, 3.8) is 0 Å². The fourth-order valence-electron chi connectivity index (χ4n) is 4.87. The van der Waals surface area contributed by atoms with Gasteiger partial charge in [-0.1, -0.05) is 11.6 Å². The van der Waals surface area contributed by atoms with Crippen LogP contribution in [0.2, 0.25) is 5.02 Å². The van der Waals surface area contributed by atoms with Crippen LogP contribution in [0.15, 0.2) is 18.2 Å². The van der Waals surface area contributed by atoms with Crippen LogP contribution in [-0.2, 0) is 11.8 Å². The number of amides is 2. The van der Waals surface area contributed by atoms with Crippen molar-refractivity contribution in [3.8, 4) is 5.75 Å². The van der Waals surface area contributed by atoms with Crippen molar-refractivity contribution >= 4 is 23.4 Å².